The van der Waals surface area contributed by atoms with Crippen molar-refractivity contribution in [2.24, 2.45) is 39.9 Å². The first kappa shape index (κ1) is 26.8. The van der Waals surface area contributed by atoms with E-state index in [-0.39, 0.29) is 22.7 Å². The molecular weight excluding hydrogens is 424 g/mol. The van der Waals surface area contributed by atoms with E-state index in [1.807, 2.05) is 6.08 Å². The van der Waals surface area contributed by atoms with E-state index in [0.29, 0.717) is 35.7 Å². The predicted octanol–water partition coefficient (Wildman–Crippen LogP) is 7.66. The Kier molecular flexibility index (Phi) is 7.60. The van der Waals surface area contributed by atoms with Crippen molar-refractivity contribution in [2.75, 3.05) is 0 Å². The van der Waals surface area contributed by atoms with Gasteiger partial charge < -0.3 is 10.2 Å². The van der Waals surface area contributed by atoms with Crippen molar-refractivity contribution in [3.8, 4) is 0 Å². The summed E-state index contributed by atoms with van der Waals surface area (Å²) in [4.78, 5) is 22.7. The van der Waals surface area contributed by atoms with Crippen LogP contribution in [0.25, 0.3) is 0 Å². The Bertz CT molecular complexity index is 897. The molecule has 0 aromatic rings. The fourth-order valence-corrected chi connectivity index (χ4v) is 8.44. The first-order chi connectivity index (χ1) is 15.8. The number of allylic oxidation sites excluding steroid dienone is 4. The van der Waals surface area contributed by atoms with Gasteiger partial charge in [0.05, 0.1) is 0 Å². The molecule has 2 saturated carbocycles. The molecule has 190 valence electrons. The Labute approximate surface area is 206 Å². The molecule has 0 amide bonds. The molecule has 1 unspecified atom stereocenters. The highest BCUT2D eigenvalue weighted by Crippen LogP contribution is 2.71. The monoisotopic (exact) mass is 470 g/mol. The second kappa shape index (κ2) is 9.66. The van der Waals surface area contributed by atoms with Gasteiger partial charge in [0.15, 0.2) is 0 Å². The van der Waals surface area contributed by atoms with Gasteiger partial charge >= 0.3 is 11.9 Å². The molecule has 2 fully saturated rings. The third-order valence-corrected chi connectivity index (χ3v) is 10.7. The minimum Gasteiger partial charge on any atom is -0.481 e. The molecule has 7 atom stereocenters. The highest BCUT2D eigenvalue weighted by atomic mass is 16.4. The Morgan fingerprint density at radius 3 is 2.44 bits per heavy atom. The van der Waals surface area contributed by atoms with Crippen LogP contribution >= 0.6 is 0 Å². The maximum Gasteiger partial charge on any atom is 0.330 e. The summed E-state index contributed by atoms with van der Waals surface area (Å²) in [7, 11) is 0. The Balaban J connectivity index is 1.87. The molecule has 0 spiro atoms. The van der Waals surface area contributed by atoms with E-state index in [2.05, 4.69) is 47.3 Å². The van der Waals surface area contributed by atoms with Crippen LogP contribution in [-0.2, 0) is 9.59 Å². The second-order valence-electron chi connectivity index (χ2n) is 12.4. The number of carbonyl (C=O) groups is 2. The van der Waals surface area contributed by atoms with E-state index in [0.717, 1.165) is 25.7 Å². The molecule has 3 rings (SSSR count). The summed E-state index contributed by atoms with van der Waals surface area (Å²) in [6, 6.07) is 0. The summed E-state index contributed by atoms with van der Waals surface area (Å²) < 4.78 is 0. The van der Waals surface area contributed by atoms with Gasteiger partial charge in [-0.2, -0.15) is 0 Å². The molecule has 3 aliphatic carbocycles. The first-order valence-electron chi connectivity index (χ1n) is 13.3. The lowest BCUT2D eigenvalue weighted by Gasteiger charge is -2.60. The molecule has 2 N–H and O–H groups in total. The van der Waals surface area contributed by atoms with Gasteiger partial charge in [-0.25, -0.2) is 4.79 Å². The fourth-order valence-electron chi connectivity index (χ4n) is 8.44. The van der Waals surface area contributed by atoms with Crippen molar-refractivity contribution in [2.45, 2.75) is 99.3 Å². The van der Waals surface area contributed by atoms with Gasteiger partial charge in [-0.1, -0.05) is 57.6 Å². The molecule has 0 bridgehead atoms. The van der Waals surface area contributed by atoms with E-state index < -0.39 is 11.9 Å². The molecule has 0 heterocycles. The zero-order valence-electron chi connectivity index (χ0n) is 22.2. The summed E-state index contributed by atoms with van der Waals surface area (Å²) in [5, 5.41) is 18.6. The van der Waals surface area contributed by atoms with Crippen molar-refractivity contribution < 1.29 is 19.8 Å². The van der Waals surface area contributed by atoms with Crippen LogP contribution in [0.4, 0.5) is 0 Å². The quantitative estimate of drug-likeness (QED) is 0.268. The normalized spacial score (nSPS) is 38.5. The molecular formula is C30H46O4. The third-order valence-electron chi connectivity index (χ3n) is 10.7. The predicted molar refractivity (Wildman–Crippen MR) is 137 cm³/mol. The van der Waals surface area contributed by atoms with E-state index in [4.69, 9.17) is 5.11 Å². The van der Waals surface area contributed by atoms with Crippen molar-refractivity contribution in [3.05, 3.63) is 35.5 Å². The summed E-state index contributed by atoms with van der Waals surface area (Å²) in [6.07, 6.45) is 12.9. The maximum absolute atomic E-state index is 11.5. The van der Waals surface area contributed by atoms with Crippen LogP contribution in [0.1, 0.15) is 99.3 Å². The molecule has 4 heteroatoms. The van der Waals surface area contributed by atoms with Crippen molar-refractivity contribution in [3.63, 3.8) is 0 Å². The Morgan fingerprint density at radius 2 is 1.85 bits per heavy atom. The van der Waals surface area contributed by atoms with E-state index in [1.54, 1.807) is 12.5 Å². The smallest absolute Gasteiger partial charge is 0.330 e. The van der Waals surface area contributed by atoms with Gasteiger partial charge in [0.1, 0.15) is 0 Å². The van der Waals surface area contributed by atoms with E-state index in [1.165, 1.54) is 24.8 Å². The van der Waals surface area contributed by atoms with Crippen LogP contribution in [-0.4, -0.2) is 22.2 Å². The van der Waals surface area contributed by atoms with Gasteiger partial charge in [0.25, 0.3) is 0 Å². The van der Waals surface area contributed by atoms with Crippen molar-refractivity contribution in [1.82, 2.24) is 0 Å². The van der Waals surface area contributed by atoms with Gasteiger partial charge in [0.2, 0.25) is 0 Å². The van der Waals surface area contributed by atoms with Gasteiger partial charge in [0, 0.05) is 12.0 Å². The van der Waals surface area contributed by atoms with E-state index in [9.17, 15) is 14.7 Å². The number of carboxylic acids is 2. The number of aliphatic carboxylic acids is 2. The first-order valence-corrected chi connectivity index (χ1v) is 13.3. The van der Waals surface area contributed by atoms with Crippen LogP contribution < -0.4 is 0 Å². The van der Waals surface area contributed by atoms with Gasteiger partial charge in [-0.15, -0.1) is 0 Å². The molecule has 34 heavy (non-hydrogen) atoms. The van der Waals surface area contributed by atoms with Crippen LogP contribution in [0.5, 0.6) is 0 Å². The SMILES string of the molecule is C=C(C)C1CC=C2[C@H](CC[C@@]3(C)[C@H]([C@@H](C)CC/C=C(\C)C(=O)O)CC[C@]23C)[C@@]1(C)CCC(=O)O. The summed E-state index contributed by atoms with van der Waals surface area (Å²) in [6.45, 7) is 17.8. The standard InChI is InChI=1S/C30H46O4/c1-19(2)22-11-12-25-24(28(22,5)16-15-26(31)32)14-18-29(6)23(13-17-30(25,29)7)20(3)9-8-10-21(4)27(33)34/h10,12,20,22-24H,1,8-9,11,13-18H2,2-7H3,(H,31,32)(H,33,34)/b21-10+/t20-,22?,23-,24-,28-,29-,30+/m0/s1. The van der Waals surface area contributed by atoms with Gasteiger partial charge in [-0.05, 0) is 105 Å². The summed E-state index contributed by atoms with van der Waals surface area (Å²) in [5.41, 5.74) is 3.54. The fraction of sp³-hybridized carbons (Fsp3) is 0.733. The largest absolute Gasteiger partial charge is 0.481 e. The lowest BCUT2D eigenvalue weighted by atomic mass is 9.44. The molecule has 0 aliphatic heterocycles. The molecule has 0 aromatic carbocycles. The number of fused-ring (bicyclic) bond motifs is 3. The topological polar surface area (TPSA) is 74.6 Å². The highest BCUT2D eigenvalue weighted by Gasteiger charge is 2.63. The third kappa shape index (κ3) is 4.42. The zero-order valence-corrected chi connectivity index (χ0v) is 22.2. The second-order valence-corrected chi connectivity index (χ2v) is 12.4. The van der Waals surface area contributed by atoms with Crippen LogP contribution in [0.15, 0.2) is 35.5 Å². The molecule has 0 aromatic heterocycles. The van der Waals surface area contributed by atoms with Crippen molar-refractivity contribution in [1.29, 1.82) is 0 Å². The maximum atomic E-state index is 11.5. The van der Waals surface area contributed by atoms with Crippen LogP contribution in [0.2, 0.25) is 0 Å². The number of hydrogen-bond acceptors (Lipinski definition) is 2. The zero-order chi connectivity index (χ0) is 25.5. The summed E-state index contributed by atoms with van der Waals surface area (Å²) >= 11 is 0. The lowest BCUT2D eigenvalue weighted by molar-refractivity contribution is -0.138. The number of carboxylic acid groups (broad SMARTS) is 2. The Morgan fingerprint density at radius 1 is 1.18 bits per heavy atom. The highest BCUT2D eigenvalue weighted by molar-refractivity contribution is 5.85. The minimum atomic E-state index is -0.824. The Hall–Kier alpha value is -1.84. The average molecular weight is 471 g/mol. The van der Waals surface area contributed by atoms with Crippen molar-refractivity contribution >= 4 is 11.9 Å². The molecule has 3 aliphatic rings. The molecule has 4 nitrogen and oxygen atoms in total. The molecule has 0 saturated heterocycles. The summed E-state index contributed by atoms with van der Waals surface area (Å²) in [5.74, 6) is 0.416. The van der Waals surface area contributed by atoms with E-state index >= 15 is 0 Å². The van der Waals surface area contributed by atoms with Crippen LogP contribution in [0, 0.1) is 39.9 Å². The number of hydrogen-bond donors (Lipinski definition) is 2. The molecule has 0 radical (unpaired) electrons. The average Bonchev–Trinajstić information content (AvgIpc) is 3.03. The number of rotatable bonds is 9. The minimum absolute atomic E-state index is 0.0541. The van der Waals surface area contributed by atoms with Crippen LogP contribution in [0.3, 0.4) is 0 Å². The lowest BCUT2D eigenvalue weighted by Crippen LogP contribution is -2.52. The van der Waals surface area contributed by atoms with Gasteiger partial charge in [-0.3, -0.25) is 4.79 Å².